The van der Waals surface area contributed by atoms with Crippen molar-refractivity contribution >= 4 is 40.5 Å². The van der Waals surface area contributed by atoms with Gasteiger partial charge in [-0.25, -0.2) is 0 Å². The molecule has 0 saturated heterocycles. The molecule has 0 saturated carbocycles. The van der Waals surface area contributed by atoms with Gasteiger partial charge in [0.2, 0.25) is 0 Å². The molecule has 3 N–H and O–H groups in total. The summed E-state index contributed by atoms with van der Waals surface area (Å²) in [6.07, 6.45) is 0. The fraction of sp³-hybridized carbons (Fsp3) is 0.125. The average molecular weight is 418 g/mol. The van der Waals surface area contributed by atoms with Gasteiger partial charge in [0.25, 0.3) is 11.8 Å². The van der Waals surface area contributed by atoms with Crippen LogP contribution in [0.1, 0.15) is 46.0 Å². The third kappa shape index (κ3) is 5.75. The Balaban J connectivity index is 1.54. The van der Waals surface area contributed by atoms with Crippen molar-refractivity contribution in [3.63, 3.8) is 0 Å². The number of nitrogens with one attached hydrogen (secondary N) is 3. The van der Waals surface area contributed by atoms with E-state index in [4.69, 9.17) is 12.2 Å². The lowest BCUT2D eigenvalue weighted by Crippen LogP contribution is -2.34. The zero-order valence-corrected chi connectivity index (χ0v) is 17.6. The summed E-state index contributed by atoms with van der Waals surface area (Å²) in [4.78, 5) is 24.5. The van der Waals surface area contributed by atoms with E-state index in [0.717, 1.165) is 0 Å². The number of amides is 2. The van der Waals surface area contributed by atoms with E-state index < -0.39 is 0 Å². The molecule has 0 aromatic heterocycles. The topological polar surface area (TPSA) is 70.2 Å². The fourth-order valence-corrected chi connectivity index (χ4v) is 3.00. The van der Waals surface area contributed by atoms with Crippen molar-refractivity contribution in [3.8, 4) is 0 Å². The van der Waals surface area contributed by atoms with Crippen molar-refractivity contribution in [3.05, 3.63) is 95.6 Å². The van der Waals surface area contributed by atoms with E-state index in [9.17, 15) is 9.59 Å². The Labute approximate surface area is 181 Å². The van der Waals surface area contributed by atoms with E-state index in [1.165, 1.54) is 5.56 Å². The summed E-state index contributed by atoms with van der Waals surface area (Å²) in [5, 5.41) is 8.68. The molecule has 0 heterocycles. The van der Waals surface area contributed by atoms with Crippen LogP contribution in [0.25, 0.3) is 0 Å². The molecule has 5 nitrogen and oxygen atoms in total. The predicted octanol–water partition coefficient (Wildman–Crippen LogP) is 5.19. The molecule has 0 bridgehead atoms. The summed E-state index contributed by atoms with van der Waals surface area (Å²) in [7, 11) is 0. The van der Waals surface area contributed by atoms with Gasteiger partial charge in [-0.1, -0.05) is 44.2 Å². The number of benzene rings is 3. The number of carbonyl (C=O) groups is 2. The summed E-state index contributed by atoms with van der Waals surface area (Å²) in [6.45, 7) is 4.21. The molecule has 3 aromatic rings. The van der Waals surface area contributed by atoms with Crippen molar-refractivity contribution in [1.29, 1.82) is 0 Å². The molecule has 6 heteroatoms. The maximum Gasteiger partial charge on any atom is 0.257 e. The molecule has 0 aliphatic carbocycles. The standard InChI is InChI=1S/C24H23N3O2S/c1-16(2)17-8-10-19(11-9-17)23(29)27-24(30)26-21-14-12-20(13-15-21)25-22(28)18-6-4-3-5-7-18/h3-16H,1-2H3,(H,25,28)(H2,26,27,29,30). The normalized spacial score (nSPS) is 10.4. The third-order valence-corrected chi connectivity index (χ3v) is 4.71. The Kier molecular flexibility index (Phi) is 6.93. The fourth-order valence-electron chi connectivity index (χ4n) is 2.79. The highest BCUT2D eigenvalue weighted by Crippen LogP contribution is 2.16. The molecular formula is C24H23N3O2S. The van der Waals surface area contributed by atoms with Crippen LogP contribution in [0.4, 0.5) is 11.4 Å². The maximum absolute atomic E-state index is 12.4. The monoisotopic (exact) mass is 417 g/mol. The third-order valence-electron chi connectivity index (χ3n) is 4.50. The maximum atomic E-state index is 12.4. The Hall–Kier alpha value is -3.51. The minimum atomic E-state index is -0.269. The van der Waals surface area contributed by atoms with Crippen molar-refractivity contribution in [2.24, 2.45) is 0 Å². The minimum absolute atomic E-state index is 0.178. The van der Waals surface area contributed by atoms with Crippen LogP contribution in [-0.2, 0) is 0 Å². The Morgan fingerprint density at radius 2 is 1.23 bits per heavy atom. The zero-order valence-electron chi connectivity index (χ0n) is 16.8. The van der Waals surface area contributed by atoms with E-state index in [-0.39, 0.29) is 16.9 Å². The first kappa shape index (κ1) is 21.2. The van der Waals surface area contributed by atoms with Gasteiger partial charge >= 0.3 is 0 Å². The van der Waals surface area contributed by atoms with E-state index in [2.05, 4.69) is 29.8 Å². The van der Waals surface area contributed by atoms with Crippen LogP contribution in [-0.4, -0.2) is 16.9 Å². The number of rotatable bonds is 5. The van der Waals surface area contributed by atoms with Gasteiger partial charge in [-0.15, -0.1) is 0 Å². The van der Waals surface area contributed by atoms with Gasteiger partial charge in [0.1, 0.15) is 0 Å². The molecule has 0 radical (unpaired) electrons. The Bertz CT molecular complexity index is 1030. The van der Waals surface area contributed by atoms with Gasteiger partial charge in [0, 0.05) is 22.5 Å². The molecule has 0 unspecified atom stereocenters. The molecule has 0 fully saturated rings. The highest BCUT2D eigenvalue weighted by Gasteiger charge is 2.09. The molecule has 0 atom stereocenters. The largest absolute Gasteiger partial charge is 0.332 e. The smallest absolute Gasteiger partial charge is 0.257 e. The summed E-state index contributed by atoms with van der Waals surface area (Å²) in [6, 6.07) is 23.5. The van der Waals surface area contributed by atoms with Crippen LogP contribution in [0.2, 0.25) is 0 Å². The number of hydrogen-bond acceptors (Lipinski definition) is 3. The van der Waals surface area contributed by atoms with Gasteiger partial charge in [0.15, 0.2) is 5.11 Å². The quantitative estimate of drug-likeness (QED) is 0.500. The van der Waals surface area contributed by atoms with Crippen molar-refractivity contribution < 1.29 is 9.59 Å². The lowest BCUT2D eigenvalue weighted by atomic mass is 10.0. The highest BCUT2D eigenvalue weighted by atomic mass is 32.1. The van der Waals surface area contributed by atoms with Crippen LogP contribution >= 0.6 is 12.2 Å². The lowest BCUT2D eigenvalue weighted by Gasteiger charge is -2.11. The van der Waals surface area contributed by atoms with E-state index in [0.29, 0.717) is 28.4 Å². The molecule has 0 aliphatic rings. The first-order valence-electron chi connectivity index (χ1n) is 9.61. The van der Waals surface area contributed by atoms with Crippen molar-refractivity contribution in [2.45, 2.75) is 19.8 Å². The zero-order chi connectivity index (χ0) is 21.5. The van der Waals surface area contributed by atoms with Crippen LogP contribution in [0, 0.1) is 0 Å². The second kappa shape index (κ2) is 9.80. The van der Waals surface area contributed by atoms with Crippen molar-refractivity contribution in [2.75, 3.05) is 10.6 Å². The number of hydrogen-bond donors (Lipinski definition) is 3. The SMILES string of the molecule is CC(C)c1ccc(C(=O)NC(=S)Nc2ccc(NC(=O)c3ccccc3)cc2)cc1. The van der Waals surface area contributed by atoms with Crippen LogP contribution in [0.3, 0.4) is 0 Å². The highest BCUT2D eigenvalue weighted by molar-refractivity contribution is 7.80. The first-order valence-corrected chi connectivity index (χ1v) is 10.0. The first-order chi connectivity index (χ1) is 14.4. The van der Waals surface area contributed by atoms with E-state index in [1.807, 2.05) is 30.3 Å². The second-order valence-electron chi connectivity index (χ2n) is 7.08. The second-order valence-corrected chi connectivity index (χ2v) is 7.49. The van der Waals surface area contributed by atoms with E-state index in [1.54, 1.807) is 48.5 Å². The minimum Gasteiger partial charge on any atom is -0.332 e. The molecule has 3 aromatic carbocycles. The molecular weight excluding hydrogens is 394 g/mol. The Morgan fingerprint density at radius 3 is 1.80 bits per heavy atom. The molecule has 3 rings (SSSR count). The predicted molar refractivity (Wildman–Crippen MR) is 125 cm³/mol. The van der Waals surface area contributed by atoms with Crippen LogP contribution in [0.15, 0.2) is 78.9 Å². The number of anilines is 2. The van der Waals surface area contributed by atoms with Gasteiger partial charge in [0.05, 0.1) is 0 Å². The molecule has 152 valence electrons. The molecule has 30 heavy (non-hydrogen) atoms. The summed E-state index contributed by atoms with van der Waals surface area (Å²) in [5.74, 6) is -0.0394. The summed E-state index contributed by atoms with van der Waals surface area (Å²) in [5.41, 5.74) is 3.67. The van der Waals surface area contributed by atoms with E-state index >= 15 is 0 Å². The van der Waals surface area contributed by atoms with Crippen LogP contribution in [0.5, 0.6) is 0 Å². The summed E-state index contributed by atoms with van der Waals surface area (Å²) < 4.78 is 0. The Morgan fingerprint density at radius 1 is 0.700 bits per heavy atom. The number of carbonyl (C=O) groups excluding carboxylic acids is 2. The molecule has 2 amide bonds. The van der Waals surface area contributed by atoms with Crippen molar-refractivity contribution in [1.82, 2.24) is 5.32 Å². The van der Waals surface area contributed by atoms with Gasteiger partial charge < -0.3 is 10.6 Å². The van der Waals surface area contributed by atoms with Crippen LogP contribution < -0.4 is 16.0 Å². The molecule has 0 aliphatic heterocycles. The average Bonchev–Trinajstić information content (AvgIpc) is 2.75. The van der Waals surface area contributed by atoms with Gasteiger partial charge in [-0.3, -0.25) is 14.9 Å². The van der Waals surface area contributed by atoms with Gasteiger partial charge in [-0.05, 0) is 72.2 Å². The molecule has 0 spiro atoms. The summed E-state index contributed by atoms with van der Waals surface area (Å²) >= 11 is 5.23. The lowest BCUT2D eigenvalue weighted by molar-refractivity contribution is 0.0976. The number of thiocarbonyl (C=S) groups is 1. The van der Waals surface area contributed by atoms with Gasteiger partial charge in [-0.2, -0.15) is 0 Å².